The predicted octanol–water partition coefficient (Wildman–Crippen LogP) is 1.24. The smallest absolute Gasteiger partial charge is 0.320 e. The summed E-state index contributed by atoms with van der Waals surface area (Å²) >= 11 is 0. The second-order valence-electron chi connectivity index (χ2n) is 5.53. The number of rotatable bonds is 6. The third kappa shape index (κ3) is 4.67. The monoisotopic (exact) mass is 286 g/mol. The van der Waals surface area contributed by atoms with Gasteiger partial charge in [0.15, 0.2) is 0 Å². The minimum absolute atomic E-state index is 0.0803. The Kier molecular flexibility index (Phi) is 6.78. The third-order valence-corrected chi connectivity index (χ3v) is 3.89. The van der Waals surface area contributed by atoms with E-state index in [1.165, 1.54) is 0 Å². The number of carbonyl (C=O) groups excluding carboxylic acids is 1. The number of carboxylic acid groups (broad SMARTS) is 1. The number of aliphatic hydroxyl groups is 1. The fraction of sp³-hybridized carbons (Fsp3) is 0.857. The molecule has 0 aliphatic carbocycles. The molecule has 0 radical (unpaired) electrons. The van der Waals surface area contributed by atoms with Gasteiger partial charge in [-0.25, -0.2) is 4.79 Å². The first kappa shape index (κ1) is 16.8. The lowest BCUT2D eigenvalue weighted by molar-refractivity contribution is -0.141. The van der Waals surface area contributed by atoms with Gasteiger partial charge in [-0.15, -0.1) is 0 Å². The first-order valence-electron chi connectivity index (χ1n) is 7.37. The molecule has 0 aromatic heterocycles. The molecule has 0 aromatic rings. The van der Waals surface area contributed by atoms with Gasteiger partial charge >= 0.3 is 12.0 Å². The van der Waals surface area contributed by atoms with Crippen LogP contribution >= 0.6 is 0 Å². The number of carbonyl (C=O) groups is 2. The van der Waals surface area contributed by atoms with Gasteiger partial charge in [-0.1, -0.05) is 6.92 Å². The molecule has 1 aliphatic heterocycles. The summed E-state index contributed by atoms with van der Waals surface area (Å²) in [5.74, 6) is -1.08. The second kappa shape index (κ2) is 8.09. The van der Waals surface area contributed by atoms with Crippen LogP contribution < -0.4 is 0 Å². The van der Waals surface area contributed by atoms with Gasteiger partial charge < -0.3 is 20.0 Å². The van der Waals surface area contributed by atoms with Crippen LogP contribution in [0.4, 0.5) is 4.79 Å². The summed E-state index contributed by atoms with van der Waals surface area (Å²) in [6.07, 6.45) is 2.71. The van der Waals surface area contributed by atoms with Gasteiger partial charge in [-0.3, -0.25) is 4.79 Å². The van der Waals surface area contributed by atoms with Crippen LogP contribution in [0.5, 0.6) is 0 Å². The van der Waals surface area contributed by atoms with Gasteiger partial charge in [0.05, 0.1) is 5.92 Å². The Bertz CT molecular complexity index is 333. The Hall–Kier alpha value is -1.30. The van der Waals surface area contributed by atoms with Crippen LogP contribution in [-0.2, 0) is 4.79 Å². The van der Waals surface area contributed by atoms with Crippen molar-refractivity contribution in [1.82, 2.24) is 9.80 Å². The molecule has 116 valence electrons. The molecule has 0 bridgehead atoms. The van der Waals surface area contributed by atoms with E-state index in [1.54, 1.807) is 16.7 Å². The summed E-state index contributed by atoms with van der Waals surface area (Å²) in [6.45, 7) is 5.77. The Morgan fingerprint density at radius 2 is 2.15 bits per heavy atom. The van der Waals surface area contributed by atoms with Crippen molar-refractivity contribution in [2.75, 3.05) is 32.8 Å². The summed E-state index contributed by atoms with van der Waals surface area (Å²) < 4.78 is 0. The number of aliphatic hydroxyl groups excluding tert-OH is 1. The van der Waals surface area contributed by atoms with Crippen molar-refractivity contribution in [3.63, 3.8) is 0 Å². The van der Waals surface area contributed by atoms with Crippen LogP contribution in [-0.4, -0.2) is 64.8 Å². The minimum Gasteiger partial charge on any atom is -0.481 e. The highest BCUT2D eigenvalue weighted by atomic mass is 16.4. The maximum atomic E-state index is 12.4. The van der Waals surface area contributed by atoms with E-state index >= 15 is 0 Å². The normalized spacial score (nSPS) is 20.6. The Balaban J connectivity index is 2.58. The van der Waals surface area contributed by atoms with Crippen molar-refractivity contribution in [1.29, 1.82) is 0 Å². The number of hydrogen-bond acceptors (Lipinski definition) is 3. The maximum absolute atomic E-state index is 12.4. The molecular formula is C14H26N2O4. The van der Waals surface area contributed by atoms with E-state index in [0.29, 0.717) is 19.0 Å². The summed E-state index contributed by atoms with van der Waals surface area (Å²) in [5.41, 5.74) is 0. The molecule has 0 spiro atoms. The van der Waals surface area contributed by atoms with Crippen molar-refractivity contribution < 1.29 is 19.8 Å². The molecule has 1 heterocycles. The van der Waals surface area contributed by atoms with E-state index in [-0.39, 0.29) is 19.2 Å². The van der Waals surface area contributed by atoms with Gasteiger partial charge in [0.25, 0.3) is 0 Å². The first-order chi connectivity index (χ1) is 9.49. The molecule has 2 amide bonds. The Morgan fingerprint density at radius 1 is 1.45 bits per heavy atom. The molecule has 6 nitrogen and oxygen atoms in total. The molecule has 2 N–H and O–H groups in total. The summed E-state index contributed by atoms with van der Waals surface area (Å²) in [7, 11) is 0. The largest absolute Gasteiger partial charge is 0.481 e. The lowest BCUT2D eigenvalue weighted by atomic mass is 9.95. The van der Waals surface area contributed by atoms with Crippen molar-refractivity contribution in [2.24, 2.45) is 11.8 Å². The molecule has 20 heavy (non-hydrogen) atoms. The van der Waals surface area contributed by atoms with Crippen LogP contribution in [0.2, 0.25) is 0 Å². The number of nitrogens with zero attached hydrogens (tertiary/aromatic N) is 2. The van der Waals surface area contributed by atoms with Gasteiger partial charge in [0.1, 0.15) is 0 Å². The number of urea groups is 1. The molecule has 0 aromatic carbocycles. The quantitative estimate of drug-likeness (QED) is 0.770. The van der Waals surface area contributed by atoms with E-state index in [2.05, 4.69) is 0 Å². The topological polar surface area (TPSA) is 81.1 Å². The SMILES string of the molecule is CCN(CC(C)C(=O)O)C(=O)N1CCCC(CCO)C1. The highest BCUT2D eigenvalue weighted by Gasteiger charge is 2.27. The lowest BCUT2D eigenvalue weighted by Crippen LogP contribution is -2.49. The molecular weight excluding hydrogens is 260 g/mol. The fourth-order valence-electron chi connectivity index (χ4n) is 2.61. The van der Waals surface area contributed by atoms with Crippen molar-refractivity contribution in [3.05, 3.63) is 0 Å². The van der Waals surface area contributed by atoms with E-state index in [1.807, 2.05) is 6.92 Å². The number of likely N-dealkylation sites (tertiary alicyclic amines) is 1. The number of piperidine rings is 1. The second-order valence-corrected chi connectivity index (χ2v) is 5.53. The molecule has 1 aliphatic rings. The van der Waals surface area contributed by atoms with Crippen LogP contribution in [0.15, 0.2) is 0 Å². The average molecular weight is 286 g/mol. The van der Waals surface area contributed by atoms with Crippen LogP contribution in [0.1, 0.15) is 33.1 Å². The van der Waals surface area contributed by atoms with E-state index in [9.17, 15) is 9.59 Å². The van der Waals surface area contributed by atoms with Crippen molar-refractivity contribution in [2.45, 2.75) is 33.1 Å². The van der Waals surface area contributed by atoms with Crippen LogP contribution in [0.25, 0.3) is 0 Å². The molecule has 0 saturated carbocycles. The predicted molar refractivity (Wildman–Crippen MR) is 75.4 cm³/mol. The third-order valence-electron chi connectivity index (χ3n) is 3.89. The number of aliphatic carboxylic acids is 1. The number of carboxylic acids is 1. The molecule has 1 saturated heterocycles. The first-order valence-corrected chi connectivity index (χ1v) is 7.37. The Labute approximate surface area is 120 Å². The van der Waals surface area contributed by atoms with E-state index in [4.69, 9.17) is 10.2 Å². The molecule has 2 unspecified atom stereocenters. The fourth-order valence-corrected chi connectivity index (χ4v) is 2.61. The Morgan fingerprint density at radius 3 is 2.70 bits per heavy atom. The highest BCUT2D eigenvalue weighted by molar-refractivity contribution is 5.76. The van der Waals surface area contributed by atoms with Gasteiger partial charge in [-0.2, -0.15) is 0 Å². The summed E-state index contributed by atoms with van der Waals surface area (Å²) in [4.78, 5) is 26.7. The lowest BCUT2D eigenvalue weighted by Gasteiger charge is -2.36. The zero-order valence-electron chi connectivity index (χ0n) is 12.4. The average Bonchev–Trinajstić information content (AvgIpc) is 2.44. The number of hydrogen-bond donors (Lipinski definition) is 2. The standard InChI is InChI=1S/C14H26N2O4/c1-3-15(9-11(2)13(18)19)14(20)16-7-4-5-12(10-16)6-8-17/h11-12,17H,3-10H2,1-2H3,(H,18,19). The highest BCUT2D eigenvalue weighted by Crippen LogP contribution is 2.20. The zero-order chi connectivity index (χ0) is 15.1. The number of amides is 2. The van der Waals surface area contributed by atoms with Crippen LogP contribution in [0.3, 0.4) is 0 Å². The van der Waals surface area contributed by atoms with Gasteiger partial charge in [-0.05, 0) is 32.1 Å². The van der Waals surface area contributed by atoms with E-state index in [0.717, 1.165) is 25.8 Å². The molecule has 1 fully saturated rings. The van der Waals surface area contributed by atoms with Gasteiger partial charge in [0, 0.05) is 32.8 Å². The van der Waals surface area contributed by atoms with E-state index < -0.39 is 11.9 Å². The summed E-state index contributed by atoms with van der Waals surface area (Å²) in [5, 5.41) is 18.0. The molecule has 6 heteroatoms. The maximum Gasteiger partial charge on any atom is 0.320 e. The van der Waals surface area contributed by atoms with Crippen LogP contribution in [0, 0.1) is 11.8 Å². The molecule has 1 rings (SSSR count). The van der Waals surface area contributed by atoms with Gasteiger partial charge in [0.2, 0.25) is 0 Å². The summed E-state index contributed by atoms with van der Waals surface area (Å²) in [6, 6.07) is -0.0803. The van der Waals surface area contributed by atoms with Crippen molar-refractivity contribution in [3.8, 4) is 0 Å². The van der Waals surface area contributed by atoms with Crippen molar-refractivity contribution >= 4 is 12.0 Å². The zero-order valence-corrected chi connectivity index (χ0v) is 12.4. The molecule has 2 atom stereocenters. The minimum atomic E-state index is -0.881.